The molecule has 3 aromatic rings. The van der Waals surface area contributed by atoms with Gasteiger partial charge in [-0.05, 0) is 48.9 Å². The van der Waals surface area contributed by atoms with Gasteiger partial charge < -0.3 is 14.8 Å². The fourth-order valence-electron chi connectivity index (χ4n) is 5.84. The summed E-state index contributed by atoms with van der Waals surface area (Å²) in [6, 6.07) is 22.3. The molecule has 0 unspecified atom stereocenters. The number of ether oxygens (including phenoxy) is 2. The molecule has 0 radical (unpaired) electrons. The molecule has 222 valence electrons. The van der Waals surface area contributed by atoms with Crippen LogP contribution in [0.4, 0.5) is 0 Å². The lowest BCUT2D eigenvalue weighted by molar-refractivity contribution is -0.176. The molecule has 1 aliphatic heterocycles. The number of rotatable bonds is 10. The fourth-order valence-corrected chi connectivity index (χ4v) is 5.84. The van der Waals surface area contributed by atoms with E-state index in [9.17, 15) is 24.0 Å². The van der Waals surface area contributed by atoms with Crippen molar-refractivity contribution in [2.45, 2.75) is 62.6 Å². The quantitative estimate of drug-likeness (QED) is 0.283. The maximum atomic E-state index is 14.1. The van der Waals surface area contributed by atoms with Crippen LogP contribution >= 0.6 is 0 Å². The molecule has 2 aliphatic rings. The molecule has 1 saturated carbocycles. The first-order valence-electron chi connectivity index (χ1n) is 14.5. The Balaban J connectivity index is 1.43. The minimum atomic E-state index is -1.58. The third kappa shape index (κ3) is 6.35. The van der Waals surface area contributed by atoms with Crippen LogP contribution < -0.4 is 5.32 Å². The van der Waals surface area contributed by atoms with E-state index < -0.39 is 47.3 Å². The highest BCUT2D eigenvalue weighted by Gasteiger charge is 2.49. The van der Waals surface area contributed by atoms with Gasteiger partial charge in [-0.1, -0.05) is 79.2 Å². The number of hydrogen-bond acceptors (Lipinski definition) is 7. The number of carbonyl (C=O) groups is 5. The molecule has 0 saturated heterocycles. The zero-order valence-corrected chi connectivity index (χ0v) is 24.0. The molecule has 1 fully saturated rings. The number of nitrogens with zero attached hydrogens (tertiary/aromatic N) is 1. The van der Waals surface area contributed by atoms with E-state index in [1.54, 1.807) is 48.5 Å². The smallest absolute Gasteiger partial charge is 0.330 e. The Morgan fingerprint density at radius 1 is 0.744 bits per heavy atom. The van der Waals surface area contributed by atoms with E-state index in [4.69, 9.17) is 9.47 Å². The summed E-state index contributed by atoms with van der Waals surface area (Å²) in [6.45, 7) is 0. The molecule has 1 heterocycles. The lowest BCUT2D eigenvalue weighted by atomic mass is 9.83. The Kier molecular flexibility index (Phi) is 8.99. The van der Waals surface area contributed by atoms with Crippen LogP contribution in [-0.4, -0.2) is 59.4 Å². The van der Waals surface area contributed by atoms with Crippen LogP contribution in [0.1, 0.15) is 63.9 Å². The van der Waals surface area contributed by atoms with Gasteiger partial charge in [-0.25, -0.2) is 9.59 Å². The standard InChI is InChI=1S/C34H34N2O7/c1-42-31(39)27(21-23-13-5-2-6-14-23)35-33(41)34(19-11-4-12-20-34)43-32(40)28(22-24-15-7-3-8-16-24)36-29(37)25-17-9-10-18-26(25)30(36)38/h2-3,5-10,13-18,27-28H,4,11-12,19-22H2,1H3,(H,35,41)/t27-,28-/m0/s1. The molecular formula is C34H34N2O7. The van der Waals surface area contributed by atoms with E-state index in [-0.39, 0.29) is 36.8 Å². The summed E-state index contributed by atoms with van der Waals surface area (Å²) in [7, 11) is 1.25. The monoisotopic (exact) mass is 582 g/mol. The van der Waals surface area contributed by atoms with Crippen molar-refractivity contribution >= 4 is 29.7 Å². The topological polar surface area (TPSA) is 119 Å². The van der Waals surface area contributed by atoms with Crippen LogP contribution in [0, 0.1) is 0 Å². The van der Waals surface area contributed by atoms with Gasteiger partial charge in [-0.15, -0.1) is 0 Å². The largest absolute Gasteiger partial charge is 0.467 e. The molecular weight excluding hydrogens is 548 g/mol. The molecule has 9 heteroatoms. The zero-order valence-electron chi connectivity index (χ0n) is 24.0. The lowest BCUT2D eigenvalue weighted by Gasteiger charge is -2.38. The fraction of sp³-hybridized carbons (Fsp3) is 0.324. The molecule has 1 N–H and O–H groups in total. The molecule has 5 rings (SSSR count). The maximum Gasteiger partial charge on any atom is 0.330 e. The molecule has 3 aromatic carbocycles. The molecule has 0 aromatic heterocycles. The van der Waals surface area contributed by atoms with Gasteiger partial charge in [0.1, 0.15) is 12.1 Å². The average Bonchev–Trinajstić information content (AvgIpc) is 3.29. The highest BCUT2D eigenvalue weighted by molar-refractivity contribution is 6.22. The van der Waals surface area contributed by atoms with Gasteiger partial charge in [0.2, 0.25) is 0 Å². The highest BCUT2D eigenvalue weighted by Crippen LogP contribution is 2.34. The molecule has 0 spiro atoms. The predicted molar refractivity (Wildman–Crippen MR) is 157 cm³/mol. The Morgan fingerprint density at radius 3 is 1.79 bits per heavy atom. The number of carbonyl (C=O) groups excluding carboxylic acids is 5. The summed E-state index contributed by atoms with van der Waals surface area (Å²) in [4.78, 5) is 68.6. The van der Waals surface area contributed by atoms with Crippen LogP contribution in [0.2, 0.25) is 0 Å². The summed E-state index contributed by atoms with van der Waals surface area (Å²) in [5.41, 5.74) is 0.389. The van der Waals surface area contributed by atoms with Crippen LogP contribution in [0.5, 0.6) is 0 Å². The second-order valence-electron chi connectivity index (χ2n) is 10.9. The van der Waals surface area contributed by atoms with Crippen molar-refractivity contribution < 1.29 is 33.4 Å². The Bertz CT molecular complexity index is 1460. The minimum Gasteiger partial charge on any atom is -0.467 e. The Hall–Kier alpha value is -4.79. The molecule has 2 atom stereocenters. The van der Waals surface area contributed by atoms with E-state index in [1.807, 2.05) is 36.4 Å². The Labute approximate surface area is 250 Å². The number of methoxy groups -OCH3 is 1. The van der Waals surface area contributed by atoms with Gasteiger partial charge in [-0.3, -0.25) is 19.3 Å². The van der Waals surface area contributed by atoms with Gasteiger partial charge >= 0.3 is 11.9 Å². The molecule has 3 amide bonds. The minimum absolute atomic E-state index is 0.0155. The first-order valence-corrected chi connectivity index (χ1v) is 14.5. The van der Waals surface area contributed by atoms with Gasteiger partial charge in [0.15, 0.2) is 5.60 Å². The number of hydrogen-bond donors (Lipinski definition) is 1. The first kappa shape index (κ1) is 29.7. The summed E-state index contributed by atoms with van der Waals surface area (Å²) in [6.07, 6.45) is 2.78. The number of esters is 2. The SMILES string of the molecule is COC(=O)[C@H](Cc1ccccc1)NC(=O)C1(OC(=O)[C@H](Cc2ccccc2)N2C(=O)c3ccccc3C2=O)CCCCC1. The summed E-state index contributed by atoms with van der Waals surface area (Å²) in [5, 5.41) is 2.78. The van der Waals surface area contributed by atoms with Crippen molar-refractivity contribution in [3.63, 3.8) is 0 Å². The second-order valence-corrected chi connectivity index (χ2v) is 10.9. The molecule has 43 heavy (non-hydrogen) atoms. The van der Waals surface area contributed by atoms with Crippen molar-refractivity contribution in [1.82, 2.24) is 10.2 Å². The summed E-state index contributed by atoms with van der Waals surface area (Å²) >= 11 is 0. The maximum absolute atomic E-state index is 14.1. The van der Waals surface area contributed by atoms with E-state index in [0.717, 1.165) is 22.4 Å². The summed E-state index contributed by atoms with van der Waals surface area (Å²) < 4.78 is 11.1. The van der Waals surface area contributed by atoms with Gasteiger partial charge in [-0.2, -0.15) is 0 Å². The van der Waals surface area contributed by atoms with Crippen molar-refractivity contribution in [3.05, 3.63) is 107 Å². The number of nitrogens with one attached hydrogen (secondary N) is 1. The van der Waals surface area contributed by atoms with Crippen molar-refractivity contribution in [3.8, 4) is 0 Å². The van der Waals surface area contributed by atoms with E-state index in [1.165, 1.54) is 7.11 Å². The van der Waals surface area contributed by atoms with E-state index >= 15 is 0 Å². The van der Waals surface area contributed by atoms with Gasteiger partial charge in [0, 0.05) is 12.8 Å². The molecule has 9 nitrogen and oxygen atoms in total. The van der Waals surface area contributed by atoms with Gasteiger partial charge in [0.25, 0.3) is 17.7 Å². The zero-order chi connectivity index (χ0) is 30.4. The third-order valence-electron chi connectivity index (χ3n) is 8.13. The average molecular weight is 583 g/mol. The van der Waals surface area contributed by atoms with Crippen LogP contribution in [0.3, 0.4) is 0 Å². The highest BCUT2D eigenvalue weighted by atomic mass is 16.6. The predicted octanol–water partition coefficient (Wildman–Crippen LogP) is 4.04. The lowest BCUT2D eigenvalue weighted by Crippen LogP contribution is -2.58. The number of amides is 3. The van der Waals surface area contributed by atoms with Crippen molar-refractivity contribution in [2.75, 3.05) is 7.11 Å². The van der Waals surface area contributed by atoms with Crippen molar-refractivity contribution in [2.24, 2.45) is 0 Å². The van der Waals surface area contributed by atoms with Crippen LogP contribution in [-0.2, 0) is 36.7 Å². The van der Waals surface area contributed by atoms with E-state index in [0.29, 0.717) is 12.8 Å². The van der Waals surface area contributed by atoms with E-state index in [2.05, 4.69) is 5.32 Å². The van der Waals surface area contributed by atoms with Gasteiger partial charge in [0.05, 0.1) is 18.2 Å². The normalized spacial score (nSPS) is 17.0. The second kappa shape index (κ2) is 13.0. The van der Waals surface area contributed by atoms with Crippen molar-refractivity contribution in [1.29, 1.82) is 0 Å². The Morgan fingerprint density at radius 2 is 1.26 bits per heavy atom. The number of benzene rings is 3. The number of imide groups is 1. The summed E-state index contributed by atoms with van der Waals surface area (Å²) in [5.74, 6) is -3.26. The number of fused-ring (bicyclic) bond motifs is 1. The van der Waals surface area contributed by atoms with Crippen LogP contribution in [0.25, 0.3) is 0 Å². The molecule has 1 aliphatic carbocycles. The molecule has 0 bridgehead atoms. The first-order chi connectivity index (χ1) is 20.8. The van der Waals surface area contributed by atoms with Crippen LogP contribution in [0.15, 0.2) is 84.9 Å². The third-order valence-corrected chi connectivity index (χ3v) is 8.13.